The van der Waals surface area contributed by atoms with E-state index in [1.807, 2.05) is 0 Å². The van der Waals surface area contributed by atoms with E-state index in [1.54, 1.807) is 20.9 Å². The maximum absolute atomic E-state index is 12.7. The van der Waals surface area contributed by atoms with E-state index in [0.717, 1.165) is 17.4 Å². The molecular weight excluding hydrogens is 351 g/mol. The van der Waals surface area contributed by atoms with Gasteiger partial charge >= 0.3 is 6.18 Å². The number of halogens is 4. The van der Waals surface area contributed by atoms with Crippen LogP contribution in [-0.2, 0) is 6.18 Å². The van der Waals surface area contributed by atoms with Crippen molar-refractivity contribution in [3.63, 3.8) is 0 Å². The van der Waals surface area contributed by atoms with E-state index in [9.17, 15) is 18.0 Å². The van der Waals surface area contributed by atoms with Gasteiger partial charge in [-0.2, -0.15) is 13.2 Å². The molecule has 0 saturated carbocycles. The zero-order valence-electron chi connectivity index (χ0n) is 12.8. The van der Waals surface area contributed by atoms with Crippen LogP contribution in [0.1, 0.15) is 27.9 Å². The predicted molar refractivity (Wildman–Crippen MR) is 87.2 cm³/mol. The third-order valence-corrected chi connectivity index (χ3v) is 4.80. The van der Waals surface area contributed by atoms with Crippen LogP contribution in [0.5, 0.6) is 0 Å². The summed E-state index contributed by atoms with van der Waals surface area (Å²) in [5.74, 6) is -0.257. The maximum Gasteiger partial charge on any atom is 0.433 e. The van der Waals surface area contributed by atoms with Gasteiger partial charge in [0, 0.05) is 25.0 Å². The van der Waals surface area contributed by atoms with Crippen molar-refractivity contribution in [2.45, 2.75) is 26.1 Å². The fourth-order valence-corrected chi connectivity index (χ4v) is 3.14. The van der Waals surface area contributed by atoms with Gasteiger partial charge in [-0.15, -0.1) is 23.7 Å². The number of aromatic nitrogens is 1. The largest absolute Gasteiger partial charge is 0.433 e. The molecule has 0 aromatic carbocycles. The van der Waals surface area contributed by atoms with Crippen molar-refractivity contribution in [1.82, 2.24) is 9.88 Å². The third kappa shape index (κ3) is 3.76. The van der Waals surface area contributed by atoms with Gasteiger partial charge in [0.2, 0.25) is 0 Å². The maximum atomic E-state index is 12.7. The third-order valence-electron chi connectivity index (χ3n) is 3.61. The molecule has 2 aromatic heterocycles. The molecule has 23 heavy (non-hydrogen) atoms. The van der Waals surface area contributed by atoms with Crippen LogP contribution in [0.25, 0.3) is 10.2 Å². The number of hydrogen-bond donors (Lipinski definition) is 1. The minimum atomic E-state index is -4.50. The average molecular weight is 368 g/mol. The summed E-state index contributed by atoms with van der Waals surface area (Å²) in [6, 6.07) is 2.14. The number of carbonyl (C=O) groups is 1. The Kier molecular flexibility index (Phi) is 6.00. The Balaban J connectivity index is 0.00000264. The Morgan fingerprint density at radius 1 is 1.43 bits per heavy atom. The lowest BCUT2D eigenvalue weighted by Gasteiger charge is -2.23. The number of fused-ring (bicyclic) bond motifs is 1. The second kappa shape index (κ2) is 7.02. The van der Waals surface area contributed by atoms with Crippen LogP contribution in [0, 0.1) is 6.92 Å². The lowest BCUT2D eigenvalue weighted by molar-refractivity contribution is -0.140. The number of pyridine rings is 1. The van der Waals surface area contributed by atoms with Crippen LogP contribution < -0.4 is 5.73 Å². The molecule has 0 radical (unpaired) electrons. The molecule has 1 amide bonds. The molecule has 2 aromatic rings. The molecular formula is C14H17ClF3N3OS. The van der Waals surface area contributed by atoms with Gasteiger partial charge in [-0.1, -0.05) is 0 Å². The van der Waals surface area contributed by atoms with Crippen molar-refractivity contribution in [3.8, 4) is 0 Å². The summed E-state index contributed by atoms with van der Waals surface area (Å²) >= 11 is 0.975. The van der Waals surface area contributed by atoms with Crippen molar-refractivity contribution in [3.05, 3.63) is 28.3 Å². The second-order valence-electron chi connectivity index (χ2n) is 5.10. The van der Waals surface area contributed by atoms with Crippen LogP contribution >= 0.6 is 23.7 Å². The topological polar surface area (TPSA) is 59.2 Å². The Bertz CT molecular complexity index is 717. The van der Waals surface area contributed by atoms with Crippen LogP contribution in [0.3, 0.4) is 0 Å². The Hall–Kier alpha value is -1.38. The normalized spacial score (nSPS) is 12.8. The molecule has 0 fully saturated rings. The van der Waals surface area contributed by atoms with E-state index < -0.39 is 11.9 Å². The highest BCUT2D eigenvalue weighted by Gasteiger charge is 2.33. The van der Waals surface area contributed by atoms with E-state index in [4.69, 9.17) is 5.73 Å². The van der Waals surface area contributed by atoms with Gasteiger partial charge in [0.05, 0.1) is 4.88 Å². The van der Waals surface area contributed by atoms with E-state index >= 15 is 0 Å². The molecule has 1 atom stereocenters. The summed E-state index contributed by atoms with van der Waals surface area (Å²) in [6.07, 6.45) is -4.50. The minimum Gasteiger partial charge on any atom is -0.337 e. The first-order valence-electron chi connectivity index (χ1n) is 6.61. The number of likely N-dealkylation sites (N-methyl/N-ethyl adjacent to an activating group) is 1. The lowest BCUT2D eigenvalue weighted by Crippen LogP contribution is -2.39. The molecule has 0 spiro atoms. The van der Waals surface area contributed by atoms with Crippen molar-refractivity contribution in [2.75, 3.05) is 13.6 Å². The molecule has 4 nitrogen and oxygen atoms in total. The van der Waals surface area contributed by atoms with E-state index in [0.29, 0.717) is 22.4 Å². The van der Waals surface area contributed by atoms with Crippen molar-refractivity contribution < 1.29 is 18.0 Å². The number of aryl methyl sites for hydroxylation is 1. The number of thiophene rings is 1. The SMILES string of the molecule is Cc1c(C(=O)N(C)C(C)CN)sc2nc(C(F)(F)F)ccc12.Cl. The molecule has 128 valence electrons. The van der Waals surface area contributed by atoms with Gasteiger partial charge in [0.1, 0.15) is 10.5 Å². The molecule has 0 aliphatic heterocycles. The van der Waals surface area contributed by atoms with E-state index in [2.05, 4.69) is 4.98 Å². The van der Waals surface area contributed by atoms with Crippen LogP contribution in [-0.4, -0.2) is 35.4 Å². The summed E-state index contributed by atoms with van der Waals surface area (Å²) in [4.78, 5) is 18.2. The van der Waals surface area contributed by atoms with Gasteiger partial charge in [-0.25, -0.2) is 4.98 Å². The fraction of sp³-hybridized carbons (Fsp3) is 0.429. The fourth-order valence-electron chi connectivity index (χ4n) is 1.98. The monoisotopic (exact) mass is 367 g/mol. The molecule has 0 aliphatic rings. The first-order valence-corrected chi connectivity index (χ1v) is 7.43. The summed E-state index contributed by atoms with van der Waals surface area (Å²) < 4.78 is 38.1. The molecule has 2 rings (SSSR count). The number of amides is 1. The Morgan fingerprint density at radius 3 is 2.57 bits per heavy atom. The van der Waals surface area contributed by atoms with Crippen molar-refractivity contribution >= 4 is 39.9 Å². The van der Waals surface area contributed by atoms with Crippen molar-refractivity contribution in [2.24, 2.45) is 5.73 Å². The molecule has 2 N–H and O–H groups in total. The smallest absolute Gasteiger partial charge is 0.337 e. The zero-order chi connectivity index (χ0) is 16.7. The molecule has 0 bridgehead atoms. The number of hydrogen-bond acceptors (Lipinski definition) is 4. The average Bonchev–Trinajstić information content (AvgIpc) is 2.80. The molecule has 9 heteroatoms. The molecule has 0 aliphatic carbocycles. The van der Waals surface area contributed by atoms with E-state index in [1.165, 1.54) is 11.0 Å². The summed E-state index contributed by atoms with van der Waals surface area (Å²) in [6.45, 7) is 3.82. The number of nitrogens with two attached hydrogens (primary N) is 1. The van der Waals surface area contributed by atoms with E-state index in [-0.39, 0.29) is 29.2 Å². The second-order valence-corrected chi connectivity index (χ2v) is 6.10. The predicted octanol–water partition coefficient (Wildman–Crippen LogP) is 3.46. The number of alkyl halides is 3. The Morgan fingerprint density at radius 2 is 2.04 bits per heavy atom. The standard InChI is InChI=1S/C14H16F3N3OS.ClH/c1-7(6-18)20(3)13(21)11-8(2)9-4-5-10(14(15,16)17)19-12(9)22-11;/h4-5,7H,6,18H2,1-3H3;1H. The first-order chi connectivity index (χ1) is 10.2. The number of carbonyl (C=O) groups excluding carboxylic acids is 1. The lowest BCUT2D eigenvalue weighted by atomic mass is 10.1. The van der Waals surface area contributed by atoms with Gasteiger partial charge in [0.25, 0.3) is 5.91 Å². The van der Waals surface area contributed by atoms with Gasteiger partial charge < -0.3 is 10.6 Å². The quantitative estimate of drug-likeness (QED) is 0.903. The number of nitrogens with zero attached hydrogens (tertiary/aromatic N) is 2. The zero-order valence-corrected chi connectivity index (χ0v) is 14.4. The summed E-state index contributed by atoms with van der Waals surface area (Å²) in [5.41, 5.74) is 5.23. The summed E-state index contributed by atoms with van der Waals surface area (Å²) in [7, 11) is 1.62. The highest BCUT2D eigenvalue weighted by atomic mass is 35.5. The highest BCUT2D eigenvalue weighted by molar-refractivity contribution is 7.20. The Labute approximate surface area is 141 Å². The van der Waals surface area contributed by atoms with Crippen LogP contribution in [0.2, 0.25) is 0 Å². The minimum absolute atomic E-state index is 0. The number of rotatable bonds is 3. The van der Waals surface area contributed by atoms with Gasteiger partial charge in [-0.3, -0.25) is 4.79 Å². The molecule has 0 saturated heterocycles. The highest BCUT2D eigenvalue weighted by Crippen LogP contribution is 2.34. The summed E-state index contributed by atoms with van der Waals surface area (Å²) in [5, 5.41) is 0.565. The van der Waals surface area contributed by atoms with Crippen LogP contribution in [0.15, 0.2) is 12.1 Å². The van der Waals surface area contributed by atoms with Gasteiger partial charge in [0.15, 0.2) is 0 Å². The first kappa shape index (κ1) is 19.7. The van der Waals surface area contributed by atoms with Gasteiger partial charge in [-0.05, 0) is 31.5 Å². The van der Waals surface area contributed by atoms with Crippen molar-refractivity contribution in [1.29, 1.82) is 0 Å². The van der Waals surface area contributed by atoms with Crippen LogP contribution in [0.4, 0.5) is 13.2 Å². The molecule has 2 heterocycles. The molecule has 1 unspecified atom stereocenters.